The number of hydrogen-bond acceptors (Lipinski definition) is 9. The van der Waals surface area contributed by atoms with Gasteiger partial charge in [0.05, 0.1) is 36.0 Å². The zero-order valence-electron chi connectivity index (χ0n) is 19.1. The van der Waals surface area contributed by atoms with E-state index in [9.17, 15) is 18.8 Å². The van der Waals surface area contributed by atoms with E-state index >= 15 is 0 Å². The smallest absolute Gasteiger partial charge is 0.387 e. The number of thioether (sulfide) groups is 1. The van der Waals surface area contributed by atoms with Crippen LogP contribution in [0.5, 0.6) is 5.75 Å². The summed E-state index contributed by atoms with van der Waals surface area (Å²) in [5.41, 5.74) is 4.23. The summed E-state index contributed by atoms with van der Waals surface area (Å²) in [6.07, 6.45) is 8.46. The minimum atomic E-state index is -3.02. The monoisotopic (exact) mass is 512 g/mol. The van der Waals surface area contributed by atoms with Gasteiger partial charge in [-0.05, 0) is 30.5 Å². The Morgan fingerprint density at radius 1 is 1.44 bits per heavy atom. The van der Waals surface area contributed by atoms with Crippen LogP contribution in [-0.4, -0.2) is 57.0 Å². The minimum absolute atomic E-state index is 0.0129. The molecule has 0 aliphatic carbocycles. The van der Waals surface area contributed by atoms with Gasteiger partial charge in [0.2, 0.25) is 0 Å². The van der Waals surface area contributed by atoms with Crippen molar-refractivity contribution < 1.29 is 18.3 Å². The largest absolute Gasteiger partial charge is 0.434 e. The van der Waals surface area contributed by atoms with Gasteiger partial charge in [-0.1, -0.05) is 0 Å². The number of ether oxygens (including phenoxy) is 1. The predicted octanol–water partition coefficient (Wildman–Crippen LogP) is 2.44. The lowest BCUT2D eigenvalue weighted by atomic mass is 9.88. The van der Waals surface area contributed by atoms with Gasteiger partial charge < -0.3 is 20.4 Å². The molecule has 1 saturated heterocycles. The Kier molecular flexibility index (Phi) is 6.48. The lowest BCUT2D eigenvalue weighted by Gasteiger charge is -2.48. The number of hydrogen-bond donors (Lipinski definition) is 3. The summed E-state index contributed by atoms with van der Waals surface area (Å²) in [4.78, 5) is 18.4. The Hall–Kier alpha value is -3.73. The highest BCUT2D eigenvalue weighted by Gasteiger charge is 2.46. The van der Waals surface area contributed by atoms with Gasteiger partial charge in [0.25, 0.3) is 5.91 Å². The van der Waals surface area contributed by atoms with E-state index in [2.05, 4.69) is 32.2 Å². The predicted molar refractivity (Wildman–Crippen MR) is 127 cm³/mol. The van der Waals surface area contributed by atoms with Gasteiger partial charge >= 0.3 is 6.61 Å². The van der Waals surface area contributed by atoms with E-state index in [1.54, 1.807) is 41.8 Å². The van der Waals surface area contributed by atoms with E-state index in [1.165, 1.54) is 28.5 Å². The second-order valence-corrected chi connectivity index (χ2v) is 9.24. The number of nitriles is 1. The van der Waals surface area contributed by atoms with Crippen LogP contribution in [-0.2, 0) is 0 Å². The molecule has 2 aliphatic heterocycles. The molecule has 36 heavy (non-hydrogen) atoms. The first-order valence-corrected chi connectivity index (χ1v) is 12.2. The Bertz CT molecular complexity index is 1370. The number of nitrogens with one attached hydrogen (secondary N) is 3. The zero-order valence-corrected chi connectivity index (χ0v) is 19.9. The van der Waals surface area contributed by atoms with Crippen LogP contribution in [0.4, 0.5) is 8.78 Å². The summed E-state index contributed by atoms with van der Waals surface area (Å²) < 4.78 is 32.8. The van der Waals surface area contributed by atoms with Crippen molar-refractivity contribution in [3.63, 3.8) is 0 Å². The van der Waals surface area contributed by atoms with E-state index in [4.69, 9.17) is 4.74 Å². The average Bonchev–Trinajstić information content (AvgIpc) is 3.46. The maximum Gasteiger partial charge on any atom is 0.387 e. The molecule has 2 aromatic heterocycles. The summed E-state index contributed by atoms with van der Waals surface area (Å²) in [6, 6.07) is 8.12. The van der Waals surface area contributed by atoms with Crippen molar-refractivity contribution in [2.45, 2.75) is 29.5 Å². The fraction of sp³-hybridized carbons (Fsp3) is 0.304. The molecule has 4 heterocycles. The molecule has 0 radical (unpaired) electrons. The molecule has 1 aromatic carbocycles. The molecule has 0 saturated carbocycles. The molecule has 1 amide bonds. The Morgan fingerprint density at radius 2 is 2.28 bits per heavy atom. The highest BCUT2D eigenvalue weighted by molar-refractivity contribution is 7.98. The number of amides is 1. The average molecular weight is 513 g/mol. The summed E-state index contributed by atoms with van der Waals surface area (Å²) >= 11 is 1.45. The summed E-state index contributed by atoms with van der Waals surface area (Å²) in [6.45, 7) is -1.93. The summed E-state index contributed by atoms with van der Waals surface area (Å²) in [7, 11) is 0. The van der Waals surface area contributed by atoms with Gasteiger partial charge in [0.15, 0.2) is 5.65 Å². The van der Waals surface area contributed by atoms with Crippen molar-refractivity contribution in [2.24, 2.45) is 0 Å². The number of fused-ring (bicyclic) bond motifs is 1. The highest BCUT2D eigenvalue weighted by Crippen LogP contribution is 2.39. The number of carbonyl (C=O) groups excluding carboxylic acids is 1. The number of aromatic nitrogens is 3. The zero-order chi connectivity index (χ0) is 25.3. The Morgan fingerprint density at radius 3 is 2.97 bits per heavy atom. The standard InChI is InChI=1S/C23H22F2N8O2S/c1-36-14-3-4-18(35-22(24)25)15(9-14)19-17(11-33(31-19)23(5-6-26)12-27-13-23)30-21(34)16-10-29-32-8-2-7-28-20(16)32/h2-4,7-11,19,22,27,31H,5,12-13H2,1H3,(H,30,34). The van der Waals surface area contributed by atoms with Crippen molar-refractivity contribution in [3.05, 3.63) is 65.9 Å². The first-order chi connectivity index (χ1) is 17.4. The summed E-state index contributed by atoms with van der Waals surface area (Å²) in [5, 5.41) is 21.4. The number of rotatable bonds is 8. The SMILES string of the molecule is CSc1ccc(OC(F)F)c(C2NN(C3(CC#N)CNC3)C=C2NC(=O)c2cnn3cccnc23)c1. The summed E-state index contributed by atoms with van der Waals surface area (Å²) in [5.74, 6) is -0.469. The van der Waals surface area contributed by atoms with Crippen molar-refractivity contribution in [3.8, 4) is 11.8 Å². The molecule has 3 aromatic rings. The van der Waals surface area contributed by atoms with E-state index in [-0.39, 0.29) is 17.7 Å². The molecule has 1 fully saturated rings. The van der Waals surface area contributed by atoms with E-state index < -0.39 is 24.1 Å². The molecule has 2 aliphatic rings. The van der Waals surface area contributed by atoms with Crippen LogP contribution in [0.3, 0.4) is 0 Å². The normalized spacial score (nSPS) is 18.6. The van der Waals surface area contributed by atoms with Crippen LogP contribution in [0.15, 0.2) is 59.6 Å². The second-order valence-electron chi connectivity index (χ2n) is 8.36. The molecule has 1 unspecified atom stereocenters. The van der Waals surface area contributed by atoms with E-state index in [1.807, 2.05) is 6.26 Å². The molecule has 0 spiro atoms. The number of alkyl halides is 2. The van der Waals surface area contributed by atoms with Gasteiger partial charge in [-0.3, -0.25) is 4.79 Å². The fourth-order valence-corrected chi connectivity index (χ4v) is 4.73. The van der Waals surface area contributed by atoms with E-state index in [0.29, 0.717) is 30.0 Å². The number of hydrazine groups is 1. The number of halogens is 2. The van der Waals surface area contributed by atoms with Gasteiger partial charge in [0.1, 0.15) is 11.3 Å². The van der Waals surface area contributed by atoms with Crippen LogP contribution in [0.25, 0.3) is 5.65 Å². The van der Waals surface area contributed by atoms with Crippen molar-refractivity contribution in [1.82, 2.24) is 35.7 Å². The quantitative estimate of drug-likeness (QED) is 0.391. The van der Waals surface area contributed by atoms with Crippen LogP contribution in [0.2, 0.25) is 0 Å². The molecular formula is C23H22F2N8O2S. The van der Waals surface area contributed by atoms with Gasteiger partial charge in [-0.2, -0.15) is 19.1 Å². The third-order valence-corrected chi connectivity index (χ3v) is 6.93. The number of benzene rings is 1. The Balaban J connectivity index is 1.53. The lowest BCUT2D eigenvalue weighted by Crippen LogP contribution is -2.69. The molecule has 3 N–H and O–H groups in total. The third-order valence-electron chi connectivity index (χ3n) is 6.20. The van der Waals surface area contributed by atoms with Crippen LogP contribution in [0, 0.1) is 11.3 Å². The number of nitrogens with zero attached hydrogens (tertiary/aromatic N) is 5. The topological polar surface area (TPSA) is 120 Å². The third kappa shape index (κ3) is 4.34. The molecule has 186 valence electrons. The van der Waals surface area contributed by atoms with Crippen molar-refractivity contribution in [2.75, 3.05) is 19.3 Å². The molecular weight excluding hydrogens is 490 g/mol. The maximum atomic E-state index is 13.3. The van der Waals surface area contributed by atoms with Gasteiger partial charge in [-0.15, -0.1) is 11.8 Å². The van der Waals surface area contributed by atoms with Crippen molar-refractivity contribution >= 4 is 23.3 Å². The van der Waals surface area contributed by atoms with Crippen LogP contribution in [0.1, 0.15) is 28.4 Å². The first-order valence-electron chi connectivity index (χ1n) is 11.0. The van der Waals surface area contributed by atoms with Crippen LogP contribution < -0.4 is 20.8 Å². The fourth-order valence-electron chi connectivity index (χ4n) is 4.28. The molecule has 5 rings (SSSR count). The van der Waals surface area contributed by atoms with Gasteiger partial charge in [0, 0.05) is 42.1 Å². The molecule has 0 bridgehead atoms. The maximum absolute atomic E-state index is 13.3. The number of carbonyl (C=O) groups is 1. The van der Waals surface area contributed by atoms with E-state index in [0.717, 1.165) is 4.90 Å². The molecule has 1 atom stereocenters. The van der Waals surface area contributed by atoms with Gasteiger partial charge in [-0.25, -0.2) is 14.9 Å². The highest BCUT2D eigenvalue weighted by atomic mass is 32.2. The Labute approximate surface area is 209 Å². The van der Waals surface area contributed by atoms with Crippen molar-refractivity contribution in [1.29, 1.82) is 5.26 Å². The molecule has 13 heteroatoms. The second kappa shape index (κ2) is 9.73. The molecule has 10 nitrogen and oxygen atoms in total. The lowest BCUT2D eigenvalue weighted by molar-refractivity contribution is -0.0509. The first kappa shape index (κ1) is 24.0. The van der Waals surface area contributed by atoms with Crippen LogP contribution >= 0.6 is 11.8 Å². The minimum Gasteiger partial charge on any atom is -0.434 e.